The fourth-order valence-corrected chi connectivity index (χ4v) is 3.07. The predicted octanol–water partition coefficient (Wildman–Crippen LogP) is 1.26. The maximum Gasteiger partial charge on any atom is 0.237 e. The molecule has 0 saturated carbocycles. The highest BCUT2D eigenvalue weighted by Gasteiger charge is 2.33. The van der Waals surface area contributed by atoms with E-state index in [1.807, 2.05) is 36.9 Å². The van der Waals surface area contributed by atoms with Crippen molar-refractivity contribution in [3.8, 4) is 11.5 Å². The molecule has 1 aromatic carbocycles. The molecular formula is C19H29N3O4. The molecule has 0 bridgehead atoms. The molecule has 2 amide bonds. The van der Waals surface area contributed by atoms with Crippen LogP contribution >= 0.6 is 0 Å². The van der Waals surface area contributed by atoms with Crippen molar-refractivity contribution in [2.24, 2.45) is 0 Å². The van der Waals surface area contributed by atoms with Crippen molar-refractivity contribution in [1.29, 1.82) is 0 Å². The van der Waals surface area contributed by atoms with Gasteiger partial charge in [0.25, 0.3) is 0 Å². The van der Waals surface area contributed by atoms with Crippen LogP contribution in [0.1, 0.15) is 25.8 Å². The van der Waals surface area contributed by atoms with Gasteiger partial charge in [-0.25, -0.2) is 0 Å². The smallest absolute Gasteiger partial charge is 0.237 e. The van der Waals surface area contributed by atoms with Crippen LogP contribution in [0.4, 0.5) is 0 Å². The number of rotatable bonds is 7. The van der Waals surface area contributed by atoms with Gasteiger partial charge in [0.1, 0.15) is 0 Å². The number of para-hydroxylation sites is 1. The molecule has 1 aromatic rings. The van der Waals surface area contributed by atoms with Crippen molar-refractivity contribution in [3.05, 3.63) is 23.8 Å². The normalized spacial score (nSPS) is 17.8. The van der Waals surface area contributed by atoms with Crippen molar-refractivity contribution >= 4 is 11.8 Å². The molecule has 1 aliphatic heterocycles. The Morgan fingerprint density at radius 2 is 2.08 bits per heavy atom. The summed E-state index contributed by atoms with van der Waals surface area (Å²) >= 11 is 0. The summed E-state index contributed by atoms with van der Waals surface area (Å²) in [6.45, 7) is 5.66. The van der Waals surface area contributed by atoms with Gasteiger partial charge in [0.15, 0.2) is 11.5 Å². The maximum atomic E-state index is 12.5. The van der Waals surface area contributed by atoms with Gasteiger partial charge >= 0.3 is 0 Å². The number of carbonyl (C=O) groups excluding carboxylic acids is 2. The Labute approximate surface area is 155 Å². The van der Waals surface area contributed by atoms with Crippen LogP contribution in [0.15, 0.2) is 18.2 Å². The first-order chi connectivity index (χ1) is 12.4. The lowest BCUT2D eigenvalue weighted by atomic mass is 10.1. The number of amides is 2. The zero-order valence-electron chi connectivity index (χ0n) is 16.2. The largest absolute Gasteiger partial charge is 0.493 e. The standard InChI is InChI=1S/C19H29N3O4/c1-13(2)21(3)17(23)11-15-19(24)20-9-10-22(15)12-14-7-6-8-16(25-4)18(14)26-5/h6-8,13,15H,9-12H2,1-5H3,(H,20,24)/t15-/m0/s1. The van der Waals surface area contributed by atoms with Gasteiger partial charge in [-0.05, 0) is 19.9 Å². The molecular weight excluding hydrogens is 334 g/mol. The van der Waals surface area contributed by atoms with E-state index < -0.39 is 6.04 Å². The van der Waals surface area contributed by atoms with Crippen LogP contribution in [-0.4, -0.2) is 68.1 Å². The second-order valence-electron chi connectivity index (χ2n) is 6.73. The minimum absolute atomic E-state index is 0.0374. The Morgan fingerprint density at radius 1 is 1.35 bits per heavy atom. The van der Waals surface area contributed by atoms with Crippen LogP contribution in [-0.2, 0) is 16.1 Å². The summed E-state index contributed by atoms with van der Waals surface area (Å²) in [4.78, 5) is 28.6. The lowest BCUT2D eigenvalue weighted by Crippen LogP contribution is -2.56. The summed E-state index contributed by atoms with van der Waals surface area (Å²) in [5.74, 6) is 1.16. The number of nitrogens with zero attached hydrogens (tertiary/aromatic N) is 2. The van der Waals surface area contributed by atoms with E-state index in [0.29, 0.717) is 31.1 Å². The molecule has 0 spiro atoms. The van der Waals surface area contributed by atoms with Gasteiger partial charge in [0.05, 0.1) is 26.7 Å². The van der Waals surface area contributed by atoms with Crippen molar-refractivity contribution in [2.45, 2.75) is 38.9 Å². The van der Waals surface area contributed by atoms with E-state index in [-0.39, 0.29) is 24.3 Å². The van der Waals surface area contributed by atoms with Gasteiger partial charge < -0.3 is 19.7 Å². The summed E-state index contributed by atoms with van der Waals surface area (Å²) in [5, 5.41) is 2.87. The van der Waals surface area contributed by atoms with Crippen LogP contribution in [0.25, 0.3) is 0 Å². The van der Waals surface area contributed by atoms with E-state index in [2.05, 4.69) is 5.32 Å². The number of piperazine rings is 1. The third-order valence-corrected chi connectivity index (χ3v) is 4.84. The van der Waals surface area contributed by atoms with Crippen LogP contribution < -0.4 is 14.8 Å². The molecule has 0 aliphatic carbocycles. The van der Waals surface area contributed by atoms with E-state index in [1.54, 1.807) is 26.2 Å². The number of hydrogen-bond donors (Lipinski definition) is 1. The SMILES string of the molecule is COc1cccc(CN2CCNC(=O)[C@@H]2CC(=O)N(C)C(C)C)c1OC. The lowest BCUT2D eigenvalue weighted by Gasteiger charge is -2.36. The van der Waals surface area contributed by atoms with E-state index in [9.17, 15) is 9.59 Å². The number of hydrogen-bond acceptors (Lipinski definition) is 5. The number of benzene rings is 1. The van der Waals surface area contributed by atoms with Gasteiger partial charge in [-0.3, -0.25) is 14.5 Å². The lowest BCUT2D eigenvalue weighted by molar-refractivity contribution is -0.139. The molecule has 2 rings (SSSR count). The Bertz CT molecular complexity index is 648. The second kappa shape index (κ2) is 8.89. The zero-order chi connectivity index (χ0) is 19.3. The Kier molecular flexibility index (Phi) is 6.85. The molecule has 1 heterocycles. The van der Waals surface area contributed by atoms with Gasteiger partial charge in [-0.1, -0.05) is 12.1 Å². The van der Waals surface area contributed by atoms with Crippen molar-refractivity contribution < 1.29 is 19.1 Å². The van der Waals surface area contributed by atoms with E-state index in [0.717, 1.165) is 5.56 Å². The number of carbonyl (C=O) groups is 2. The van der Waals surface area contributed by atoms with Gasteiger partial charge in [0.2, 0.25) is 11.8 Å². The van der Waals surface area contributed by atoms with E-state index >= 15 is 0 Å². The van der Waals surface area contributed by atoms with E-state index in [4.69, 9.17) is 9.47 Å². The van der Waals surface area contributed by atoms with Crippen LogP contribution in [0.2, 0.25) is 0 Å². The zero-order valence-corrected chi connectivity index (χ0v) is 16.2. The highest BCUT2D eigenvalue weighted by atomic mass is 16.5. The summed E-state index contributed by atoms with van der Waals surface area (Å²) in [6.07, 6.45) is 0.160. The Balaban J connectivity index is 2.21. The Hall–Kier alpha value is -2.28. The molecule has 1 aliphatic rings. The molecule has 1 atom stereocenters. The summed E-state index contributed by atoms with van der Waals surface area (Å²) < 4.78 is 10.8. The third kappa shape index (κ3) is 4.46. The van der Waals surface area contributed by atoms with Gasteiger partial charge in [-0.15, -0.1) is 0 Å². The van der Waals surface area contributed by atoms with Gasteiger partial charge in [-0.2, -0.15) is 0 Å². The summed E-state index contributed by atoms with van der Waals surface area (Å²) in [5.41, 5.74) is 0.927. The predicted molar refractivity (Wildman–Crippen MR) is 99.3 cm³/mol. The molecule has 0 radical (unpaired) electrons. The fraction of sp³-hybridized carbons (Fsp3) is 0.579. The minimum Gasteiger partial charge on any atom is -0.493 e. The van der Waals surface area contributed by atoms with Crippen LogP contribution in [0, 0.1) is 0 Å². The van der Waals surface area contributed by atoms with Crippen molar-refractivity contribution in [1.82, 2.24) is 15.1 Å². The fourth-order valence-electron chi connectivity index (χ4n) is 3.07. The highest BCUT2D eigenvalue weighted by molar-refractivity contribution is 5.88. The average molecular weight is 363 g/mol. The topological polar surface area (TPSA) is 71.1 Å². The summed E-state index contributed by atoms with van der Waals surface area (Å²) in [6, 6.07) is 5.29. The molecule has 7 nitrogen and oxygen atoms in total. The molecule has 26 heavy (non-hydrogen) atoms. The first-order valence-corrected chi connectivity index (χ1v) is 8.86. The first kappa shape index (κ1) is 20.0. The number of ether oxygens (including phenoxy) is 2. The summed E-state index contributed by atoms with van der Waals surface area (Å²) in [7, 11) is 4.96. The van der Waals surface area contributed by atoms with Crippen molar-refractivity contribution in [3.63, 3.8) is 0 Å². The molecule has 0 aromatic heterocycles. The molecule has 1 saturated heterocycles. The number of methoxy groups -OCH3 is 2. The highest BCUT2D eigenvalue weighted by Crippen LogP contribution is 2.32. The number of nitrogens with one attached hydrogen (secondary N) is 1. The molecule has 144 valence electrons. The van der Waals surface area contributed by atoms with Crippen LogP contribution in [0.3, 0.4) is 0 Å². The average Bonchev–Trinajstić information content (AvgIpc) is 2.63. The Morgan fingerprint density at radius 3 is 2.69 bits per heavy atom. The second-order valence-corrected chi connectivity index (χ2v) is 6.73. The quantitative estimate of drug-likeness (QED) is 0.790. The van der Waals surface area contributed by atoms with Crippen LogP contribution in [0.5, 0.6) is 11.5 Å². The van der Waals surface area contributed by atoms with E-state index in [1.165, 1.54) is 0 Å². The third-order valence-electron chi connectivity index (χ3n) is 4.84. The molecule has 7 heteroatoms. The van der Waals surface area contributed by atoms with Crippen molar-refractivity contribution in [2.75, 3.05) is 34.4 Å². The minimum atomic E-state index is -0.492. The van der Waals surface area contributed by atoms with Gasteiger partial charge in [0, 0.05) is 38.3 Å². The first-order valence-electron chi connectivity index (χ1n) is 8.86. The monoisotopic (exact) mass is 363 g/mol. The maximum absolute atomic E-state index is 12.5. The molecule has 1 fully saturated rings. The molecule has 0 unspecified atom stereocenters. The molecule has 1 N–H and O–H groups in total.